The SMILES string of the molecule is CC(C)Cc1cccc(C(NN)c2ccc(I)c(Cl)c2)c1. The highest BCUT2D eigenvalue weighted by molar-refractivity contribution is 14.1. The second-order valence-corrected chi connectivity index (χ2v) is 7.19. The van der Waals surface area contributed by atoms with E-state index in [0.29, 0.717) is 5.92 Å². The van der Waals surface area contributed by atoms with Crippen LogP contribution in [0.25, 0.3) is 0 Å². The number of nitrogens with one attached hydrogen (secondary N) is 1. The van der Waals surface area contributed by atoms with E-state index < -0.39 is 0 Å². The highest BCUT2D eigenvalue weighted by atomic mass is 127. The molecule has 112 valence electrons. The van der Waals surface area contributed by atoms with Crippen molar-refractivity contribution in [1.29, 1.82) is 0 Å². The Morgan fingerprint density at radius 2 is 1.86 bits per heavy atom. The van der Waals surface area contributed by atoms with Crippen molar-refractivity contribution in [2.45, 2.75) is 26.3 Å². The Bertz CT molecular complexity index is 613. The maximum Gasteiger partial charge on any atom is 0.0710 e. The van der Waals surface area contributed by atoms with E-state index in [4.69, 9.17) is 17.4 Å². The molecule has 2 rings (SSSR count). The number of halogens is 2. The average Bonchev–Trinajstić information content (AvgIpc) is 2.43. The van der Waals surface area contributed by atoms with E-state index >= 15 is 0 Å². The third-order valence-corrected chi connectivity index (χ3v) is 4.94. The van der Waals surface area contributed by atoms with Crippen LogP contribution in [-0.4, -0.2) is 0 Å². The number of nitrogens with two attached hydrogens (primary N) is 1. The lowest BCUT2D eigenvalue weighted by molar-refractivity contribution is 0.627. The van der Waals surface area contributed by atoms with Gasteiger partial charge in [0.05, 0.1) is 11.1 Å². The summed E-state index contributed by atoms with van der Waals surface area (Å²) in [5.74, 6) is 6.42. The molecular formula is C17H20ClIN2. The molecule has 0 saturated carbocycles. The van der Waals surface area contributed by atoms with Crippen LogP contribution in [0.5, 0.6) is 0 Å². The van der Waals surface area contributed by atoms with E-state index in [1.54, 1.807) is 0 Å². The quantitative estimate of drug-likeness (QED) is 0.423. The fraction of sp³-hybridized carbons (Fsp3) is 0.294. The summed E-state index contributed by atoms with van der Waals surface area (Å²) in [5, 5.41) is 0.756. The van der Waals surface area contributed by atoms with Gasteiger partial charge in [0.1, 0.15) is 0 Å². The van der Waals surface area contributed by atoms with Gasteiger partial charge >= 0.3 is 0 Å². The van der Waals surface area contributed by atoms with Gasteiger partial charge in [0.15, 0.2) is 0 Å². The Morgan fingerprint density at radius 1 is 1.14 bits per heavy atom. The van der Waals surface area contributed by atoms with Crippen LogP contribution in [0.3, 0.4) is 0 Å². The molecule has 0 fully saturated rings. The lowest BCUT2D eigenvalue weighted by atomic mass is 9.95. The Hall–Kier alpha value is -0.620. The number of benzene rings is 2. The maximum atomic E-state index is 6.23. The summed E-state index contributed by atoms with van der Waals surface area (Å²) < 4.78 is 1.04. The molecule has 3 N–H and O–H groups in total. The summed E-state index contributed by atoms with van der Waals surface area (Å²) in [6.07, 6.45) is 1.07. The van der Waals surface area contributed by atoms with E-state index in [1.165, 1.54) is 5.56 Å². The highest BCUT2D eigenvalue weighted by Crippen LogP contribution is 2.27. The van der Waals surface area contributed by atoms with Gasteiger partial charge in [-0.15, -0.1) is 0 Å². The van der Waals surface area contributed by atoms with Gasteiger partial charge in [0.2, 0.25) is 0 Å². The minimum Gasteiger partial charge on any atom is -0.271 e. The molecule has 2 aromatic rings. The Labute approximate surface area is 145 Å². The molecule has 0 bridgehead atoms. The fourth-order valence-electron chi connectivity index (χ4n) is 2.45. The van der Waals surface area contributed by atoms with Gasteiger partial charge in [-0.25, -0.2) is 5.43 Å². The van der Waals surface area contributed by atoms with Crippen LogP contribution in [0, 0.1) is 9.49 Å². The van der Waals surface area contributed by atoms with Gasteiger partial charge in [-0.2, -0.15) is 0 Å². The van der Waals surface area contributed by atoms with Crippen molar-refractivity contribution in [3.05, 3.63) is 67.7 Å². The van der Waals surface area contributed by atoms with Gasteiger partial charge in [0, 0.05) is 3.57 Å². The second-order valence-electron chi connectivity index (χ2n) is 5.62. The van der Waals surface area contributed by atoms with Crippen molar-refractivity contribution in [2.24, 2.45) is 11.8 Å². The first-order valence-corrected chi connectivity index (χ1v) is 8.47. The monoisotopic (exact) mass is 414 g/mol. The first kappa shape index (κ1) is 16.7. The Kier molecular flexibility index (Phi) is 6.05. The van der Waals surface area contributed by atoms with Gasteiger partial charge in [-0.3, -0.25) is 5.84 Å². The summed E-state index contributed by atoms with van der Waals surface area (Å²) >= 11 is 8.45. The normalized spacial score (nSPS) is 12.7. The van der Waals surface area contributed by atoms with Crippen molar-refractivity contribution < 1.29 is 0 Å². The van der Waals surface area contributed by atoms with Crippen LogP contribution in [0.2, 0.25) is 5.02 Å². The summed E-state index contributed by atoms with van der Waals surface area (Å²) in [5.41, 5.74) is 6.47. The molecule has 2 nitrogen and oxygen atoms in total. The molecule has 21 heavy (non-hydrogen) atoms. The molecule has 0 radical (unpaired) electrons. The van der Waals surface area contributed by atoms with E-state index in [0.717, 1.165) is 26.1 Å². The summed E-state index contributed by atoms with van der Waals surface area (Å²) in [4.78, 5) is 0. The van der Waals surface area contributed by atoms with E-state index in [9.17, 15) is 0 Å². The topological polar surface area (TPSA) is 38.0 Å². The molecule has 0 aliphatic carbocycles. The molecule has 0 amide bonds. The first-order chi connectivity index (χ1) is 10.0. The predicted molar refractivity (Wildman–Crippen MR) is 98.3 cm³/mol. The fourth-order valence-corrected chi connectivity index (χ4v) is 2.97. The van der Waals surface area contributed by atoms with Crippen LogP contribution in [0.15, 0.2) is 42.5 Å². The average molecular weight is 415 g/mol. The molecule has 0 aromatic heterocycles. The van der Waals surface area contributed by atoms with Crippen molar-refractivity contribution >= 4 is 34.2 Å². The van der Waals surface area contributed by atoms with Crippen molar-refractivity contribution in [2.75, 3.05) is 0 Å². The zero-order valence-electron chi connectivity index (χ0n) is 12.2. The molecule has 0 heterocycles. The number of hydrogen-bond donors (Lipinski definition) is 2. The van der Waals surface area contributed by atoms with Gasteiger partial charge in [-0.1, -0.05) is 55.8 Å². The summed E-state index contributed by atoms with van der Waals surface area (Å²) in [6, 6.07) is 14.6. The maximum absolute atomic E-state index is 6.23. The molecule has 0 spiro atoms. The first-order valence-electron chi connectivity index (χ1n) is 7.01. The lowest BCUT2D eigenvalue weighted by Gasteiger charge is -2.19. The van der Waals surface area contributed by atoms with Crippen LogP contribution >= 0.6 is 34.2 Å². The smallest absolute Gasteiger partial charge is 0.0710 e. The Morgan fingerprint density at radius 3 is 2.48 bits per heavy atom. The summed E-state index contributed by atoms with van der Waals surface area (Å²) in [7, 11) is 0. The van der Waals surface area contributed by atoms with Crippen molar-refractivity contribution in [1.82, 2.24) is 5.43 Å². The van der Waals surface area contributed by atoms with E-state index in [2.05, 4.69) is 72.2 Å². The van der Waals surface area contributed by atoms with Gasteiger partial charge in [-0.05, 0) is 63.8 Å². The molecular weight excluding hydrogens is 395 g/mol. The number of hydrazine groups is 1. The molecule has 4 heteroatoms. The second kappa shape index (κ2) is 7.58. The number of rotatable bonds is 5. The lowest BCUT2D eigenvalue weighted by Crippen LogP contribution is -2.29. The third-order valence-electron chi connectivity index (χ3n) is 3.37. The van der Waals surface area contributed by atoms with Crippen LogP contribution in [0.4, 0.5) is 0 Å². The standard InChI is InChI=1S/C17H20ClIN2/c1-11(2)8-12-4-3-5-13(9-12)17(21-20)14-6-7-16(19)15(18)10-14/h3-7,9-11,17,21H,8,20H2,1-2H3. The van der Waals surface area contributed by atoms with Crippen LogP contribution in [-0.2, 0) is 6.42 Å². The molecule has 0 aliphatic rings. The van der Waals surface area contributed by atoms with Gasteiger partial charge in [0.25, 0.3) is 0 Å². The van der Waals surface area contributed by atoms with Crippen molar-refractivity contribution in [3.63, 3.8) is 0 Å². The highest BCUT2D eigenvalue weighted by Gasteiger charge is 2.14. The molecule has 2 aromatic carbocycles. The minimum atomic E-state index is -0.0494. The predicted octanol–water partition coefficient (Wildman–Crippen LogP) is 4.70. The van der Waals surface area contributed by atoms with Crippen LogP contribution < -0.4 is 11.3 Å². The van der Waals surface area contributed by atoms with Gasteiger partial charge < -0.3 is 0 Å². The molecule has 0 aliphatic heterocycles. The zero-order chi connectivity index (χ0) is 15.4. The molecule has 1 atom stereocenters. The largest absolute Gasteiger partial charge is 0.271 e. The summed E-state index contributed by atoms with van der Waals surface area (Å²) in [6.45, 7) is 4.45. The van der Waals surface area contributed by atoms with Crippen LogP contribution in [0.1, 0.15) is 36.6 Å². The number of hydrogen-bond acceptors (Lipinski definition) is 2. The van der Waals surface area contributed by atoms with E-state index in [1.807, 2.05) is 12.1 Å². The van der Waals surface area contributed by atoms with Crippen molar-refractivity contribution in [3.8, 4) is 0 Å². The molecule has 0 saturated heterocycles. The third kappa shape index (κ3) is 4.42. The van der Waals surface area contributed by atoms with E-state index in [-0.39, 0.29) is 6.04 Å². The minimum absolute atomic E-state index is 0.0494. The Balaban J connectivity index is 2.34. The zero-order valence-corrected chi connectivity index (χ0v) is 15.1. The molecule has 1 unspecified atom stereocenters.